The fourth-order valence-electron chi connectivity index (χ4n) is 2.06. The summed E-state index contributed by atoms with van der Waals surface area (Å²) >= 11 is 0. The molecule has 0 aliphatic heterocycles. The fourth-order valence-corrected chi connectivity index (χ4v) is 4.08. The minimum absolute atomic E-state index is 0. The van der Waals surface area contributed by atoms with Crippen LogP contribution in [0.4, 0.5) is 13.2 Å². The van der Waals surface area contributed by atoms with Gasteiger partial charge in [0.1, 0.15) is 10.5 Å². The number of thiophene rings is 1. The molecule has 1 unspecified atom stereocenters. The molecule has 1 heterocycles. The molecule has 0 saturated carbocycles. The van der Waals surface area contributed by atoms with Crippen molar-refractivity contribution in [3.63, 3.8) is 0 Å². The van der Waals surface area contributed by atoms with Gasteiger partial charge in [0, 0.05) is 23.1 Å². The number of aryl methyl sites for hydroxylation is 1. The molecule has 0 saturated heterocycles. The Labute approximate surface area is 122 Å². The van der Waals surface area contributed by atoms with E-state index in [9.17, 15) is 13.2 Å². The van der Waals surface area contributed by atoms with Gasteiger partial charge in [-0.3, -0.25) is 0 Å². The van der Waals surface area contributed by atoms with Crippen molar-refractivity contribution in [2.45, 2.75) is 12.4 Å². The molecule has 1 aromatic heterocycles. The minimum atomic E-state index is -4.21. The SMILES string of the molecule is Cc1ccc2cc(C3=CC=C3)[s+](C(F)(F)F)c2c1.[Br-]. The Balaban J connectivity index is 0.00000133. The number of fused-ring (bicyclic) bond motifs is 1. The Morgan fingerprint density at radius 1 is 1.11 bits per heavy atom. The molecule has 3 rings (SSSR count). The Morgan fingerprint density at radius 3 is 2.32 bits per heavy atom. The van der Waals surface area contributed by atoms with E-state index >= 15 is 0 Å². The van der Waals surface area contributed by atoms with Crippen molar-refractivity contribution in [1.29, 1.82) is 0 Å². The van der Waals surface area contributed by atoms with Crippen molar-refractivity contribution < 1.29 is 30.2 Å². The summed E-state index contributed by atoms with van der Waals surface area (Å²) in [6.07, 6.45) is 5.23. The number of benzene rings is 1. The minimum Gasteiger partial charge on any atom is -1.00 e. The molecule has 5 heteroatoms. The Morgan fingerprint density at radius 2 is 1.79 bits per heavy atom. The van der Waals surface area contributed by atoms with E-state index in [4.69, 9.17) is 0 Å². The first kappa shape index (κ1) is 14.3. The molecule has 2 aromatic rings. The van der Waals surface area contributed by atoms with Gasteiger partial charge >= 0.3 is 5.51 Å². The highest BCUT2D eigenvalue weighted by atomic mass is 79.9. The summed E-state index contributed by atoms with van der Waals surface area (Å²) < 4.78 is 40.2. The molecule has 0 bridgehead atoms. The van der Waals surface area contributed by atoms with Gasteiger partial charge in [-0.2, -0.15) is 0 Å². The molecule has 0 nitrogen and oxygen atoms in total. The maximum absolute atomic E-state index is 13.3. The molecule has 0 fully saturated rings. The second-order valence-corrected chi connectivity index (χ2v) is 6.24. The largest absolute Gasteiger partial charge is 1.00 e. The zero-order chi connectivity index (χ0) is 12.9. The normalized spacial score (nSPS) is 14.9. The lowest BCUT2D eigenvalue weighted by Gasteiger charge is -2.04. The summed E-state index contributed by atoms with van der Waals surface area (Å²) in [5.74, 6) is 0. The van der Waals surface area contributed by atoms with Crippen LogP contribution in [0.2, 0.25) is 0 Å². The predicted octanol–water partition coefficient (Wildman–Crippen LogP) is 2.33. The third-order valence-corrected chi connectivity index (χ3v) is 5.01. The predicted molar refractivity (Wildman–Crippen MR) is 69.6 cm³/mol. The van der Waals surface area contributed by atoms with E-state index in [1.54, 1.807) is 36.4 Å². The Hall–Kier alpha value is -1.07. The molecule has 1 aliphatic rings. The lowest BCUT2D eigenvalue weighted by molar-refractivity contribution is -0.0866. The average Bonchev–Trinajstić information content (AvgIpc) is 2.51. The zero-order valence-corrected chi connectivity index (χ0v) is 12.4. The topological polar surface area (TPSA) is 0 Å². The quantitative estimate of drug-likeness (QED) is 0.695. The molecule has 0 amide bonds. The molecule has 19 heavy (non-hydrogen) atoms. The molecule has 0 radical (unpaired) electrons. The highest BCUT2D eigenvalue weighted by molar-refractivity contribution is 7.39. The Bertz CT molecular complexity index is 693. The lowest BCUT2D eigenvalue weighted by Crippen LogP contribution is -3.00. The molecule has 0 N–H and O–H groups in total. The number of allylic oxidation sites excluding steroid dienone is 4. The first-order valence-electron chi connectivity index (χ1n) is 5.49. The van der Waals surface area contributed by atoms with Crippen LogP contribution in [0.5, 0.6) is 0 Å². The van der Waals surface area contributed by atoms with Crippen LogP contribution in [-0.4, -0.2) is 0 Å². The fraction of sp³-hybridized carbons (Fsp3) is 0.143. The van der Waals surface area contributed by atoms with E-state index in [0.29, 0.717) is 20.5 Å². The van der Waals surface area contributed by atoms with Gasteiger partial charge in [0.15, 0.2) is 9.58 Å². The summed E-state index contributed by atoms with van der Waals surface area (Å²) in [4.78, 5) is 0.394. The van der Waals surface area contributed by atoms with E-state index in [1.165, 1.54) is 0 Å². The standard InChI is InChI=1S/C14H10F3S.BrH/c1-9-5-6-11-8-13(10-3-2-4-10)18(12(11)7-9)14(15,16)17;/h2-8H,1H3;1H/q+1;/p-1. The molecule has 100 valence electrons. The van der Waals surface area contributed by atoms with Crippen LogP contribution in [-0.2, 0) is 5.51 Å². The molecular formula is C14H10BrF3S. The molecular weight excluding hydrogens is 337 g/mol. The number of hydrogen-bond donors (Lipinski definition) is 0. The third kappa shape index (κ3) is 2.37. The van der Waals surface area contributed by atoms with Crippen molar-refractivity contribution in [2.24, 2.45) is 0 Å². The van der Waals surface area contributed by atoms with Gasteiger partial charge in [-0.05, 0) is 30.7 Å². The first-order valence-corrected chi connectivity index (χ1v) is 6.71. The van der Waals surface area contributed by atoms with Crippen molar-refractivity contribution in [1.82, 2.24) is 0 Å². The van der Waals surface area contributed by atoms with Crippen molar-refractivity contribution >= 4 is 26.1 Å². The average molecular weight is 347 g/mol. The van der Waals surface area contributed by atoms with Gasteiger partial charge in [0.05, 0.1) is 0 Å². The van der Waals surface area contributed by atoms with Crippen LogP contribution in [0.3, 0.4) is 0 Å². The highest BCUT2D eigenvalue weighted by Crippen LogP contribution is 2.53. The zero-order valence-electron chi connectivity index (χ0n) is 9.96. The third-order valence-electron chi connectivity index (χ3n) is 2.96. The summed E-state index contributed by atoms with van der Waals surface area (Å²) in [6.45, 7) is 1.82. The van der Waals surface area contributed by atoms with Gasteiger partial charge in [-0.25, -0.2) is 0 Å². The van der Waals surface area contributed by atoms with E-state index in [0.717, 1.165) is 5.56 Å². The maximum atomic E-state index is 13.3. The molecule has 1 aromatic carbocycles. The number of halogens is 4. The number of hydrogen-bond acceptors (Lipinski definition) is 0. The van der Waals surface area contributed by atoms with Crippen LogP contribution in [0, 0.1) is 6.92 Å². The summed E-state index contributed by atoms with van der Waals surface area (Å²) in [5.41, 5.74) is -2.65. The van der Waals surface area contributed by atoms with Crippen LogP contribution < -0.4 is 17.0 Å². The van der Waals surface area contributed by atoms with Crippen LogP contribution in [0.15, 0.2) is 42.5 Å². The second-order valence-electron chi connectivity index (χ2n) is 4.28. The van der Waals surface area contributed by atoms with E-state index < -0.39 is 16.0 Å². The van der Waals surface area contributed by atoms with E-state index in [1.807, 2.05) is 13.0 Å². The highest BCUT2D eigenvalue weighted by Gasteiger charge is 2.48. The van der Waals surface area contributed by atoms with Crippen LogP contribution >= 0.6 is 10.5 Å². The van der Waals surface area contributed by atoms with E-state index in [2.05, 4.69) is 0 Å². The van der Waals surface area contributed by atoms with Crippen LogP contribution in [0.25, 0.3) is 15.7 Å². The van der Waals surface area contributed by atoms with Gasteiger partial charge in [-0.15, -0.1) is 13.2 Å². The Kier molecular flexibility index (Phi) is 3.62. The van der Waals surface area contributed by atoms with Gasteiger partial charge in [0.2, 0.25) is 0 Å². The van der Waals surface area contributed by atoms with Gasteiger partial charge in [-0.1, -0.05) is 12.1 Å². The number of rotatable bonds is 1. The molecule has 0 spiro atoms. The van der Waals surface area contributed by atoms with Crippen molar-refractivity contribution in [3.8, 4) is 0 Å². The van der Waals surface area contributed by atoms with Gasteiger partial charge in [0.25, 0.3) is 0 Å². The molecule has 1 atom stereocenters. The smallest absolute Gasteiger partial charge is 0.601 e. The van der Waals surface area contributed by atoms with E-state index in [-0.39, 0.29) is 17.0 Å². The summed E-state index contributed by atoms with van der Waals surface area (Å²) in [6, 6.07) is 6.94. The summed E-state index contributed by atoms with van der Waals surface area (Å²) in [7, 11) is -1.80. The van der Waals surface area contributed by atoms with Crippen molar-refractivity contribution in [2.75, 3.05) is 0 Å². The van der Waals surface area contributed by atoms with Crippen molar-refractivity contribution in [3.05, 3.63) is 52.9 Å². The molecule has 1 aliphatic carbocycles. The number of alkyl halides is 3. The monoisotopic (exact) mass is 346 g/mol. The lowest BCUT2D eigenvalue weighted by atomic mass is 10.1. The van der Waals surface area contributed by atoms with Crippen LogP contribution in [0.1, 0.15) is 10.4 Å². The maximum Gasteiger partial charge on any atom is 0.601 e. The first-order chi connectivity index (χ1) is 8.47. The summed E-state index contributed by atoms with van der Waals surface area (Å²) in [5, 5.41) is 0.692. The van der Waals surface area contributed by atoms with Gasteiger partial charge < -0.3 is 17.0 Å². The second kappa shape index (κ2) is 4.80.